The first-order valence-corrected chi connectivity index (χ1v) is 8.24. The number of nitrogens with two attached hydrogens (primary N) is 1. The van der Waals surface area contributed by atoms with Crippen LogP contribution in [-0.2, 0) is 16.6 Å². The van der Waals surface area contributed by atoms with Crippen molar-refractivity contribution in [3.05, 3.63) is 61.6 Å². The SMILES string of the molecule is Nc1ccc(Cl)cc1S(=O)Cc1cccc([N+](=O)[O-])c1Br. The number of hydrogen-bond donors (Lipinski definition) is 1. The molecule has 0 aliphatic carbocycles. The van der Waals surface area contributed by atoms with E-state index in [1.165, 1.54) is 12.1 Å². The summed E-state index contributed by atoms with van der Waals surface area (Å²) in [5, 5.41) is 11.3. The Morgan fingerprint density at radius 1 is 1.33 bits per heavy atom. The summed E-state index contributed by atoms with van der Waals surface area (Å²) in [5.41, 5.74) is 6.67. The molecule has 1 atom stereocenters. The number of rotatable bonds is 4. The molecule has 21 heavy (non-hydrogen) atoms. The summed E-state index contributed by atoms with van der Waals surface area (Å²) < 4.78 is 12.7. The summed E-state index contributed by atoms with van der Waals surface area (Å²) in [6.07, 6.45) is 0. The lowest BCUT2D eigenvalue weighted by Crippen LogP contribution is -2.02. The second kappa shape index (κ2) is 6.55. The molecule has 0 saturated heterocycles. The summed E-state index contributed by atoms with van der Waals surface area (Å²) in [6, 6.07) is 9.34. The van der Waals surface area contributed by atoms with Gasteiger partial charge in [0.15, 0.2) is 0 Å². The van der Waals surface area contributed by atoms with Crippen molar-refractivity contribution >= 4 is 49.7 Å². The van der Waals surface area contributed by atoms with Crippen molar-refractivity contribution in [1.82, 2.24) is 0 Å². The fraction of sp³-hybridized carbons (Fsp3) is 0.0769. The van der Waals surface area contributed by atoms with Crippen molar-refractivity contribution in [2.24, 2.45) is 0 Å². The van der Waals surface area contributed by atoms with Crippen LogP contribution in [0.25, 0.3) is 0 Å². The Hall–Kier alpha value is -1.44. The summed E-state index contributed by atoms with van der Waals surface area (Å²) in [5.74, 6) is 0.104. The number of halogens is 2. The molecule has 0 spiro atoms. The molecule has 0 amide bonds. The largest absolute Gasteiger partial charge is 0.398 e. The molecule has 0 fully saturated rings. The highest BCUT2D eigenvalue weighted by Gasteiger charge is 2.18. The van der Waals surface area contributed by atoms with Crippen LogP contribution in [0.15, 0.2) is 45.8 Å². The molecule has 0 heterocycles. The van der Waals surface area contributed by atoms with Gasteiger partial charge in [-0.15, -0.1) is 0 Å². The molecule has 0 radical (unpaired) electrons. The smallest absolute Gasteiger partial charge is 0.283 e. The van der Waals surface area contributed by atoms with E-state index >= 15 is 0 Å². The zero-order valence-electron chi connectivity index (χ0n) is 10.6. The van der Waals surface area contributed by atoms with Gasteiger partial charge in [0.1, 0.15) is 0 Å². The number of nitrogen functional groups attached to an aromatic ring is 1. The molecular formula is C13H10BrClN2O3S. The number of nitrogens with zero attached hydrogens (tertiary/aromatic N) is 1. The van der Waals surface area contributed by atoms with Gasteiger partial charge in [0.25, 0.3) is 5.69 Å². The van der Waals surface area contributed by atoms with E-state index in [0.717, 1.165) is 0 Å². The molecule has 5 nitrogen and oxygen atoms in total. The van der Waals surface area contributed by atoms with Gasteiger partial charge in [0, 0.05) is 16.8 Å². The van der Waals surface area contributed by atoms with Gasteiger partial charge < -0.3 is 5.73 Å². The Bertz CT molecular complexity index is 739. The summed E-state index contributed by atoms with van der Waals surface area (Å²) in [6.45, 7) is 0. The van der Waals surface area contributed by atoms with Gasteiger partial charge in [0.2, 0.25) is 0 Å². The molecule has 110 valence electrons. The van der Waals surface area contributed by atoms with Gasteiger partial charge in [-0.1, -0.05) is 23.7 Å². The predicted molar refractivity (Wildman–Crippen MR) is 86.8 cm³/mol. The zero-order chi connectivity index (χ0) is 15.6. The maximum absolute atomic E-state index is 12.4. The highest BCUT2D eigenvalue weighted by atomic mass is 79.9. The monoisotopic (exact) mass is 388 g/mol. The van der Waals surface area contributed by atoms with Gasteiger partial charge >= 0.3 is 0 Å². The van der Waals surface area contributed by atoms with E-state index in [2.05, 4.69) is 15.9 Å². The van der Waals surface area contributed by atoms with Crippen molar-refractivity contribution in [3.63, 3.8) is 0 Å². The lowest BCUT2D eigenvalue weighted by molar-refractivity contribution is -0.385. The average Bonchev–Trinajstić information content (AvgIpc) is 2.43. The Morgan fingerprint density at radius 3 is 2.71 bits per heavy atom. The lowest BCUT2D eigenvalue weighted by Gasteiger charge is -2.08. The molecular weight excluding hydrogens is 380 g/mol. The van der Waals surface area contributed by atoms with Crippen molar-refractivity contribution in [2.75, 3.05) is 5.73 Å². The first-order chi connectivity index (χ1) is 9.90. The third-order valence-corrected chi connectivity index (χ3v) is 5.33. The van der Waals surface area contributed by atoms with Crippen LogP contribution in [0.2, 0.25) is 5.02 Å². The Kier molecular flexibility index (Phi) is 4.97. The standard InChI is InChI=1S/C13H10BrClN2O3S/c14-13-8(2-1-3-11(13)17(18)19)7-21(20)12-6-9(15)4-5-10(12)16/h1-6H,7,16H2. The molecule has 2 aromatic rings. The van der Waals surface area contributed by atoms with E-state index in [-0.39, 0.29) is 11.4 Å². The van der Waals surface area contributed by atoms with Crippen molar-refractivity contribution in [2.45, 2.75) is 10.6 Å². The minimum Gasteiger partial charge on any atom is -0.398 e. The molecule has 0 bridgehead atoms. The van der Waals surface area contributed by atoms with Crippen molar-refractivity contribution in [1.29, 1.82) is 0 Å². The lowest BCUT2D eigenvalue weighted by atomic mass is 10.2. The van der Waals surface area contributed by atoms with Gasteiger partial charge in [-0.3, -0.25) is 14.3 Å². The van der Waals surface area contributed by atoms with Crippen LogP contribution in [0.3, 0.4) is 0 Å². The third-order valence-electron chi connectivity index (χ3n) is 2.76. The fourth-order valence-electron chi connectivity index (χ4n) is 1.74. The first kappa shape index (κ1) is 15.9. The minimum absolute atomic E-state index is 0.0661. The van der Waals surface area contributed by atoms with Crippen molar-refractivity contribution in [3.8, 4) is 0 Å². The summed E-state index contributed by atoms with van der Waals surface area (Å²) >= 11 is 9.06. The first-order valence-electron chi connectivity index (χ1n) is 5.75. The van der Waals surface area contributed by atoms with E-state index in [9.17, 15) is 14.3 Å². The quantitative estimate of drug-likeness (QED) is 0.488. The van der Waals surface area contributed by atoms with Crippen molar-refractivity contribution < 1.29 is 9.13 Å². The topological polar surface area (TPSA) is 86.2 Å². The number of nitro groups is 1. The normalized spacial score (nSPS) is 12.1. The van der Waals surface area contributed by atoms with Crippen LogP contribution in [0, 0.1) is 10.1 Å². The third kappa shape index (κ3) is 3.61. The molecule has 0 saturated carbocycles. The van der Waals surface area contributed by atoms with Crippen LogP contribution in [0.1, 0.15) is 5.56 Å². The van der Waals surface area contributed by atoms with E-state index in [0.29, 0.717) is 25.6 Å². The average molecular weight is 390 g/mol. The maximum Gasteiger partial charge on any atom is 0.283 e. The fourth-order valence-corrected chi connectivity index (χ4v) is 3.98. The molecule has 1 unspecified atom stereocenters. The van der Waals surface area contributed by atoms with Gasteiger partial charge in [-0.05, 0) is 39.7 Å². The van der Waals surface area contributed by atoms with E-state index in [4.69, 9.17) is 17.3 Å². The van der Waals surface area contributed by atoms with E-state index in [1.807, 2.05) is 0 Å². The summed E-state index contributed by atoms with van der Waals surface area (Å²) in [7, 11) is -1.45. The minimum atomic E-state index is -1.45. The van der Waals surface area contributed by atoms with E-state index in [1.54, 1.807) is 24.3 Å². The number of benzene rings is 2. The highest BCUT2D eigenvalue weighted by molar-refractivity contribution is 9.10. The maximum atomic E-state index is 12.4. The molecule has 8 heteroatoms. The predicted octanol–water partition coefficient (Wildman–Crippen LogP) is 3.90. The van der Waals surface area contributed by atoms with Crippen LogP contribution < -0.4 is 5.73 Å². The Morgan fingerprint density at radius 2 is 2.05 bits per heavy atom. The van der Waals surface area contributed by atoms with Crippen LogP contribution >= 0.6 is 27.5 Å². The number of hydrogen-bond acceptors (Lipinski definition) is 4. The molecule has 0 aliphatic rings. The zero-order valence-corrected chi connectivity index (χ0v) is 13.7. The second-order valence-corrected chi connectivity index (χ2v) is 6.83. The molecule has 2 N–H and O–H groups in total. The number of anilines is 1. The van der Waals surface area contributed by atoms with Gasteiger partial charge in [-0.2, -0.15) is 0 Å². The molecule has 0 aliphatic heterocycles. The van der Waals surface area contributed by atoms with Crippen LogP contribution in [0.5, 0.6) is 0 Å². The van der Waals surface area contributed by atoms with Gasteiger partial charge in [-0.25, -0.2) is 0 Å². The van der Waals surface area contributed by atoms with E-state index < -0.39 is 15.7 Å². The Labute approximate surface area is 136 Å². The highest BCUT2D eigenvalue weighted by Crippen LogP contribution is 2.31. The second-order valence-electron chi connectivity index (χ2n) is 4.18. The summed E-state index contributed by atoms with van der Waals surface area (Å²) in [4.78, 5) is 10.8. The molecule has 2 aromatic carbocycles. The molecule has 2 rings (SSSR count). The van der Waals surface area contributed by atoms with Crippen LogP contribution in [0.4, 0.5) is 11.4 Å². The van der Waals surface area contributed by atoms with Crippen LogP contribution in [-0.4, -0.2) is 9.13 Å². The number of nitro benzene ring substituents is 1. The molecule has 0 aromatic heterocycles. The van der Waals surface area contributed by atoms with Gasteiger partial charge in [0.05, 0.1) is 30.8 Å². The Balaban J connectivity index is 2.34.